The monoisotopic (exact) mass is 282 g/mol. The van der Waals surface area contributed by atoms with Gasteiger partial charge in [-0.3, -0.25) is 0 Å². The van der Waals surface area contributed by atoms with E-state index in [0.717, 1.165) is 38.3 Å². The maximum absolute atomic E-state index is 9.63. The predicted molar refractivity (Wildman–Crippen MR) is 80.4 cm³/mol. The molecule has 0 aromatic heterocycles. The molecule has 0 aliphatic heterocycles. The minimum absolute atomic E-state index is 0.190. The van der Waals surface area contributed by atoms with Gasteiger partial charge in [-0.1, -0.05) is 6.07 Å². The second kappa shape index (κ2) is 9.58. The molecule has 0 radical (unpaired) electrons. The van der Waals surface area contributed by atoms with Gasteiger partial charge >= 0.3 is 0 Å². The number of hydrogen-bond donors (Lipinski definition) is 2. The Hall–Kier alpha value is -1.30. The fourth-order valence-corrected chi connectivity index (χ4v) is 1.80. The van der Waals surface area contributed by atoms with Gasteiger partial charge in [0.05, 0.1) is 13.2 Å². The highest BCUT2D eigenvalue weighted by atomic mass is 16.5. The first-order valence-corrected chi connectivity index (χ1v) is 7.00. The number of nitrogens with one attached hydrogen (secondary N) is 1. The van der Waals surface area contributed by atoms with Crippen LogP contribution in [0.4, 0.5) is 0 Å². The molecule has 0 saturated carbocycles. The molecule has 0 atom stereocenters. The molecule has 5 nitrogen and oxygen atoms in total. The third kappa shape index (κ3) is 6.23. The Morgan fingerprint density at radius 3 is 2.80 bits per heavy atom. The number of hydrogen-bond acceptors (Lipinski definition) is 5. The normalized spacial score (nSPS) is 11.0. The van der Waals surface area contributed by atoms with E-state index >= 15 is 0 Å². The SMILES string of the molecule is CCOc1cc(CNCCN(C)CCOC)ccc1O. The zero-order chi connectivity index (χ0) is 14.8. The molecule has 114 valence electrons. The van der Waals surface area contributed by atoms with Crippen molar-refractivity contribution >= 4 is 0 Å². The molecule has 0 saturated heterocycles. The van der Waals surface area contributed by atoms with Gasteiger partial charge in [0.1, 0.15) is 0 Å². The van der Waals surface area contributed by atoms with Gasteiger partial charge in [-0.25, -0.2) is 0 Å². The van der Waals surface area contributed by atoms with Crippen LogP contribution >= 0.6 is 0 Å². The lowest BCUT2D eigenvalue weighted by molar-refractivity contribution is 0.161. The number of phenolic OH excluding ortho intramolecular Hbond substituents is 1. The zero-order valence-electron chi connectivity index (χ0n) is 12.7. The Kier molecular flexibility index (Phi) is 8.02. The van der Waals surface area contributed by atoms with Crippen molar-refractivity contribution in [3.63, 3.8) is 0 Å². The van der Waals surface area contributed by atoms with Crippen LogP contribution in [0.3, 0.4) is 0 Å². The fourth-order valence-electron chi connectivity index (χ4n) is 1.80. The van der Waals surface area contributed by atoms with Crippen molar-refractivity contribution in [3.8, 4) is 11.5 Å². The Balaban J connectivity index is 2.29. The highest BCUT2D eigenvalue weighted by Crippen LogP contribution is 2.26. The van der Waals surface area contributed by atoms with E-state index in [1.54, 1.807) is 13.2 Å². The first kappa shape index (κ1) is 16.8. The molecule has 0 unspecified atom stereocenters. The van der Waals surface area contributed by atoms with Crippen LogP contribution in [-0.2, 0) is 11.3 Å². The lowest BCUT2D eigenvalue weighted by Crippen LogP contribution is -2.31. The van der Waals surface area contributed by atoms with E-state index in [9.17, 15) is 5.11 Å². The average molecular weight is 282 g/mol. The van der Waals surface area contributed by atoms with Gasteiger partial charge in [-0.2, -0.15) is 0 Å². The second-order valence-electron chi connectivity index (χ2n) is 4.71. The van der Waals surface area contributed by atoms with E-state index in [1.165, 1.54) is 0 Å². The maximum Gasteiger partial charge on any atom is 0.161 e. The molecule has 5 heteroatoms. The summed E-state index contributed by atoms with van der Waals surface area (Å²) in [4.78, 5) is 2.22. The second-order valence-corrected chi connectivity index (χ2v) is 4.71. The summed E-state index contributed by atoms with van der Waals surface area (Å²) in [5, 5.41) is 13.0. The maximum atomic E-state index is 9.63. The van der Waals surface area contributed by atoms with Crippen molar-refractivity contribution in [2.24, 2.45) is 0 Å². The van der Waals surface area contributed by atoms with Crippen LogP contribution in [0.15, 0.2) is 18.2 Å². The van der Waals surface area contributed by atoms with Crippen molar-refractivity contribution in [1.29, 1.82) is 0 Å². The van der Waals surface area contributed by atoms with Crippen LogP contribution in [0.25, 0.3) is 0 Å². The van der Waals surface area contributed by atoms with E-state index in [0.29, 0.717) is 12.4 Å². The van der Waals surface area contributed by atoms with Gasteiger partial charge in [-0.05, 0) is 31.7 Å². The molecule has 1 rings (SSSR count). The first-order chi connectivity index (χ1) is 9.67. The zero-order valence-corrected chi connectivity index (χ0v) is 12.7. The number of rotatable bonds is 10. The third-order valence-electron chi connectivity index (χ3n) is 3.00. The van der Waals surface area contributed by atoms with Crippen molar-refractivity contribution in [3.05, 3.63) is 23.8 Å². The molecule has 0 spiro atoms. The molecule has 1 aromatic rings. The van der Waals surface area contributed by atoms with Crippen LogP contribution in [0.2, 0.25) is 0 Å². The fraction of sp³-hybridized carbons (Fsp3) is 0.600. The summed E-state index contributed by atoms with van der Waals surface area (Å²) in [5.74, 6) is 0.735. The molecule has 2 N–H and O–H groups in total. The highest BCUT2D eigenvalue weighted by Gasteiger charge is 2.03. The third-order valence-corrected chi connectivity index (χ3v) is 3.00. The van der Waals surface area contributed by atoms with Gasteiger partial charge in [0, 0.05) is 33.3 Å². The summed E-state index contributed by atoms with van der Waals surface area (Å²) in [5.41, 5.74) is 1.10. The van der Waals surface area contributed by atoms with Crippen molar-refractivity contribution in [2.75, 3.05) is 47.0 Å². The topological polar surface area (TPSA) is 54.0 Å². The van der Waals surface area contributed by atoms with E-state index < -0.39 is 0 Å². The minimum atomic E-state index is 0.190. The molecule has 0 heterocycles. The number of phenols is 1. The summed E-state index contributed by atoms with van der Waals surface area (Å²) in [7, 11) is 3.79. The average Bonchev–Trinajstić information content (AvgIpc) is 2.45. The first-order valence-electron chi connectivity index (χ1n) is 7.00. The van der Waals surface area contributed by atoms with Crippen LogP contribution < -0.4 is 10.1 Å². The van der Waals surface area contributed by atoms with Gasteiger partial charge in [0.2, 0.25) is 0 Å². The number of benzene rings is 1. The van der Waals surface area contributed by atoms with E-state index in [4.69, 9.17) is 9.47 Å². The molecule has 0 fully saturated rings. The van der Waals surface area contributed by atoms with Crippen molar-refractivity contribution in [1.82, 2.24) is 10.2 Å². The Morgan fingerprint density at radius 1 is 1.30 bits per heavy atom. The van der Waals surface area contributed by atoms with E-state index in [1.807, 2.05) is 19.1 Å². The molecule has 20 heavy (non-hydrogen) atoms. The van der Waals surface area contributed by atoms with Crippen LogP contribution in [0.1, 0.15) is 12.5 Å². The summed E-state index contributed by atoms with van der Waals surface area (Å²) >= 11 is 0. The van der Waals surface area contributed by atoms with Crippen LogP contribution in [0.5, 0.6) is 11.5 Å². The van der Waals surface area contributed by atoms with E-state index in [2.05, 4.69) is 17.3 Å². The standard InChI is InChI=1S/C15H26N2O3/c1-4-20-15-11-13(5-6-14(15)18)12-16-7-8-17(2)9-10-19-3/h5-6,11,16,18H,4,7-10,12H2,1-3H3. The lowest BCUT2D eigenvalue weighted by atomic mass is 10.2. The van der Waals surface area contributed by atoms with Crippen molar-refractivity contribution in [2.45, 2.75) is 13.5 Å². The molecule has 0 aliphatic carbocycles. The molecule has 0 bridgehead atoms. The lowest BCUT2D eigenvalue weighted by Gasteiger charge is -2.16. The molecular weight excluding hydrogens is 256 g/mol. The number of methoxy groups -OCH3 is 1. The van der Waals surface area contributed by atoms with E-state index in [-0.39, 0.29) is 5.75 Å². The molecule has 0 aliphatic rings. The summed E-state index contributed by atoms with van der Waals surface area (Å²) in [6, 6.07) is 5.45. The Morgan fingerprint density at radius 2 is 2.10 bits per heavy atom. The summed E-state index contributed by atoms with van der Waals surface area (Å²) in [6.45, 7) is 6.79. The van der Waals surface area contributed by atoms with Gasteiger partial charge in [0.25, 0.3) is 0 Å². The van der Waals surface area contributed by atoms with Gasteiger partial charge in [0.15, 0.2) is 11.5 Å². The van der Waals surface area contributed by atoms with Crippen LogP contribution in [0, 0.1) is 0 Å². The highest BCUT2D eigenvalue weighted by molar-refractivity contribution is 5.41. The molecule has 0 amide bonds. The number of ether oxygens (including phenoxy) is 2. The summed E-state index contributed by atoms with van der Waals surface area (Å²) in [6.07, 6.45) is 0. The smallest absolute Gasteiger partial charge is 0.161 e. The van der Waals surface area contributed by atoms with Gasteiger partial charge < -0.3 is 24.8 Å². The summed E-state index contributed by atoms with van der Waals surface area (Å²) < 4.78 is 10.4. The Bertz CT molecular complexity index is 385. The van der Waals surface area contributed by atoms with Gasteiger partial charge in [-0.15, -0.1) is 0 Å². The molecule has 1 aromatic carbocycles. The van der Waals surface area contributed by atoms with Crippen molar-refractivity contribution < 1.29 is 14.6 Å². The Labute approximate surface area is 121 Å². The minimum Gasteiger partial charge on any atom is -0.504 e. The number of aromatic hydroxyl groups is 1. The largest absolute Gasteiger partial charge is 0.504 e. The molecular formula is C15H26N2O3. The quantitative estimate of drug-likeness (QED) is 0.636. The number of likely N-dealkylation sites (N-methyl/N-ethyl adjacent to an activating group) is 1. The predicted octanol–water partition coefficient (Wildman–Crippen LogP) is 1.46. The number of nitrogens with zero attached hydrogens (tertiary/aromatic N) is 1. The van der Waals surface area contributed by atoms with Crippen LogP contribution in [-0.4, -0.2) is 57.0 Å².